The van der Waals surface area contributed by atoms with Gasteiger partial charge < -0.3 is 9.52 Å². The van der Waals surface area contributed by atoms with E-state index in [0.717, 1.165) is 25.0 Å². The summed E-state index contributed by atoms with van der Waals surface area (Å²) < 4.78 is 5.37. The van der Waals surface area contributed by atoms with E-state index in [-0.39, 0.29) is 0 Å². The molecule has 1 aromatic rings. The van der Waals surface area contributed by atoms with Crippen molar-refractivity contribution in [2.24, 2.45) is 0 Å². The Morgan fingerprint density at radius 1 is 1.50 bits per heavy atom. The minimum atomic E-state index is -0.576. The van der Waals surface area contributed by atoms with Crippen molar-refractivity contribution < 1.29 is 9.52 Å². The molecule has 1 heterocycles. The Balaban J connectivity index is 2.65. The van der Waals surface area contributed by atoms with Gasteiger partial charge >= 0.3 is 0 Å². The molecule has 2 atom stereocenters. The maximum atomic E-state index is 9.98. The van der Waals surface area contributed by atoms with Crippen molar-refractivity contribution in [2.45, 2.75) is 51.6 Å². The normalized spacial score (nSPS) is 17.7. The number of hydrogen-bond donors (Lipinski definition) is 1. The predicted octanol–water partition coefficient (Wildman–Crippen LogP) is 3.32. The highest BCUT2D eigenvalue weighted by Gasteiger charge is 2.24. The highest BCUT2D eigenvalue weighted by molar-refractivity contribution is 5.06. The molecule has 0 fully saturated rings. The SMILES string of the molecule is CCC(CC(C)(O)CC)c1ccco1. The fourth-order valence-corrected chi connectivity index (χ4v) is 1.64. The van der Waals surface area contributed by atoms with Crippen molar-refractivity contribution in [3.63, 3.8) is 0 Å². The average Bonchev–Trinajstić information content (AvgIpc) is 2.67. The fraction of sp³-hybridized carbons (Fsp3) is 0.667. The molecule has 1 aromatic heterocycles. The largest absolute Gasteiger partial charge is 0.469 e. The predicted molar refractivity (Wildman–Crippen MR) is 57.3 cm³/mol. The van der Waals surface area contributed by atoms with E-state index in [4.69, 9.17) is 4.42 Å². The van der Waals surface area contributed by atoms with Gasteiger partial charge in [0.25, 0.3) is 0 Å². The van der Waals surface area contributed by atoms with Gasteiger partial charge in [-0.3, -0.25) is 0 Å². The van der Waals surface area contributed by atoms with Crippen molar-refractivity contribution in [1.82, 2.24) is 0 Å². The van der Waals surface area contributed by atoms with Crippen LogP contribution in [0.2, 0.25) is 0 Å². The number of furan rings is 1. The first-order valence-corrected chi connectivity index (χ1v) is 5.35. The number of rotatable bonds is 5. The van der Waals surface area contributed by atoms with Gasteiger partial charge in [0.05, 0.1) is 11.9 Å². The second-order valence-electron chi connectivity index (χ2n) is 4.18. The molecule has 0 bridgehead atoms. The average molecular weight is 196 g/mol. The van der Waals surface area contributed by atoms with E-state index < -0.39 is 5.60 Å². The Bertz CT molecular complexity index is 249. The molecule has 1 N–H and O–H groups in total. The summed E-state index contributed by atoms with van der Waals surface area (Å²) in [5.74, 6) is 1.32. The van der Waals surface area contributed by atoms with Crippen LogP contribution in [0, 0.1) is 0 Å². The molecule has 2 nitrogen and oxygen atoms in total. The first-order valence-electron chi connectivity index (χ1n) is 5.35. The molecular weight excluding hydrogens is 176 g/mol. The van der Waals surface area contributed by atoms with Gasteiger partial charge in [0.2, 0.25) is 0 Å². The summed E-state index contributed by atoms with van der Waals surface area (Å²) in [5.41, 5.74) is -0.576. The minimum Gasteiger partial charge on any atom is -0.469 e. The molecule has 0 radical (unpaired) electrons. The fourth-order valence-electron chi connectivity index (χ4n) is 1.64. The quantitative estimate of drug-likeness (QED) is 0.783. The Morgan fingerprint density at radius 2 is 2.21 bits per heavy atom. The molecule has 0 aliphatic heterocycles. The summed E-state index contributed by atoms with van der Waals surface area (Å²) in [6.45, 7) is 6.02. The lowest BCUT2D eigenvalue weighted by atomic mass is 9.87. The van der Waals surface area contributed by atoms with Crippen LogP contribution in [0.4, 0.5) is 0 Å². The van der Waals surface area contributed by atoms with Crippen molar-refractivity contribution in [2.75, 3.05) is 0 Å². The Kier molecular flexibility index (Phi) is 3.76. The highest BCUT2D eigenvalue weighted by Crippen LogP contribution is 2.30. The van der Waals surface area contributed by atoms with E-state index >= 15 is 0 Å². The van der Waals surface area contributed by atoms with Gasteiger partial charge in [-0.05, 0) is 38.3 Å². The molecule has 0 saturated carbocycles. The van der Waals surface area contributed by atoms with E-state index in [1.165, 1.54) is 0 Å². The Morgan fingerprint density at radius 3 is 2.64 bits per heavy atom. The molecule has 0 spiro atoms. The molecule has 14 heavy (non-hydrogen) atoms. The minimum absolute atomic E-state index is 0.333. The van der Waals surface area contributed by atoms with E-state index in [2.05, 4.69) is 6.92 Å². The third kappa shape index (κ3) is 2.88. The molecule has 0 aliphatic carbocycles. The molecule has 80 valence electrons. The van der Waals surface area contributed by atoms with E-state index in [1.807, 2.05) is 26.0 Å². The van der Waals surface area contributed by atoms with Crippen LogP contribution in [0.25, 0.3) is 0 Å². The molecule has 2 unspecified atom stereocenters. The topological polar surface area (TPSA) is 33.4 Å². The zero-order chi connectivity index (χ0) is 10.6. The summed E-state index contributed by atoms with van der Waals surface area (Å²) in [5, 5.41) is 9.98. The molecule has 0 aliphatic rings. The van der Waals surface area contributed by atoms with Crippen LogP contribution < -0.4 is 0 Å². The first-order chi connectivity index (χ1) is 6.59. The van der Waals surface area contributed by atoms with E-state index in [9.17, 15) is 5.11 Å². The standard InChI is InChI=1S/C12H20O2/c1-4-10(9-12(3,13)5-2)11-7-6-8-14-11/h6-8,10,13H,4-5,9H2,1-3H3. The summed E-state index contributed by atoms with van der Waals surface area (Å²) in [6.07, 6.45) is 4.25. The van der Waals surface area contributed by atoms with Crippen molar-refractivity contribution in [3.05, 3.63) is 24.2 Å². The maximum Gasteiger partial charge on any atom is 0.106 e. The van der Waals surface area contributed by atoms with Crippen LogP contribution in [-0.4, -0.2) is 10.7 Å². The number of hydrogen-bond acceptors (Lipinski definition) is 2. The molecule has 0 amide bonds. The van der Waals surface area contributed by atoms with Crippen LogP contribution in [0.15, 0.2) is 22.8 Å². The molecule has 1 rings (SSSR count). The Labute approximate surface area is 85.9 Å². The summed E-state index contributed by atoms with van der Waals surface area (Å²) in [7, 11) is 0. The van der Waals surface area contributed by atoms with Crippen LogP contribution >= 0.6 is 0 Å². The first kappa shape index (κ1) is 11.3. The summed E-state index contributed by atoms with van der Waals surface area (Å²) >= 11 is 0. The Hall–Kier alpha value is -0.760. The highest BCUT2D eigenvalue weighted by atomic mass is 16.3. The second-order valence-corrected chi connectivity index (χ2v) is 4.18. The van der Waals surface area contributed by atoms with Crippen LogP contribution in [-0.2, 0) is 0 Å². The lowest BCUT2D eigenvalue weighted by molar-refractivity contribution is 0.0369. The third-order valence-corrected chi connectivity index (χ3v) is 2.89. The molecule has 0 aromatic carbocycles. The van der Waals surface area contributed by atoms with Gasteiger partial charge in [0, 0.05) is 5.92 Å². The van der Waals surface area contributed by atoms with Crippen molar-refractivity contribution in [1.29, 1.82) is 0 Å². The maximum absolute atomic E-state index is 9.98. The van der Waals surface area contributed by atoms with Gasteiger partial charge in [-0.1, -0.05) is 13.8 Å². The van der Waals surface area contributed by atoms with Crippen LogP contribution in [0.1, 0.15) is 51.7 Å². The van der Waals surface area contributed by atoms with Gasteiger partial charge in [-0.25, -0.2) is 0 Å². The van der Waals surface area contributed by atoms with E-state index in [0.29, 0.717) is 5.92 Å². The molecular formula is C12H20O2. The van der Waals surface area contributed by atoms with Crippen molar-refractivity contribution >= 4 is 0 Å². The van der Waals surface area contributed by atoms with Gasteiger partial charge in [-0.15, -0.1) is 0 Å². The van der Waals surface area contributed by atoms with Crippen LogP contribution in [0.3, 0.4) is 0 Å². The lowest BCUT2D eigenvalue weighted by Gasteiger charge is -2.25. The van der Waals surface area contributed by atoms with Gasteiger partial charge in [0.15, 0.2) is 0 Å². The number of aliphatic hydroxyl groups is 1. The zero-order valence-corrected chi connectivity index (χ0v) is 9.29. The zero-order valence-electron chi connectivity index (χ0n) is 9.29. The van der Waals surface area contributed by atoms with Gasteiger partial charge in [-0.2, -0.15) is 0 Å². The monoisotopic (exact) mass is 196 g/mol. The lowest BCUT2D eigenvalue weighted by Crippen LogP contribution is -2.25. The van der Waals surface area contributed by atoms with Gasteiger partial charge in [0.1, 0.15) is 5.76 Å². The van der Waals surface area contributed by atoms with Crippen molar-refractivity contribution in [3.8, 4) is 0 Å². The molecule has 2 heteroatoms. The summed E-state index contributed by atoms with van der Waals surface area (Å²) in [6, 6.07) is 3.89. The third-order valence-electron chi connectivity index (χ3n) is 2.89. The molecule has 0 saturated heterocycles. The van der Waals surface area contributed by atoms with Crippen LogP contribution in [0.5, 0.6) is 0 Å². The smallest absolute Gasteiger partial charge is 0.106 e. The second kappa shape index (κ2) is 4.65. The summed E-state index contributed by atoms with van der Waals surface area (Å²) in [4.78, 5) is 0. The van der Waals surface area contributed by atoms with E-state index in [1.54, 1.807) is 6.26 Å².